The van der Waals surface area contributed by atoms with Crippen molar-refractivity contribution in [2.24, 2.45) is 0 Å². The molecule has 1 aromatic rings. The molecule has 3 nitrogen and oxygen atoms in total. The van der Waals surface area contributed by atoms with E-state index in [2.05, 4.69) is 31.9 Å². The maximum absolute atomic E-state index is 9.77. The molecule has 1 aliphatic heterocycles. The minimum atomic E-state index is -0.508. The van der Waals surface area contributed by atoms with E-state index in [1.165, 1.54) is 0 Å². The predicted octanol–water partition coefficient (Wildman–Crippen LogP) is 3.22. The normalized spacial score (nSPS) is 21.3. The molecule has 2 rings (SSSR count). The lowest BCUT2D eigenvalue weighted by molar-refractivity contribution is 0.00578. The molecular formula is C12H15BBr2O3. The Bertz CT molecular complexity index is 472. The van der Waals surface area contributed by atoms with E-state index >= 15 is 0 Å². The Morgan fingerprint density at radius 2 is 1.56 bits per heavy atom. The molecule has 0 atom stereocenters. The number of benzene rings is 1. The second-order valence-electron chi connectivity index (χ2n) is 5.38. The molecule has 18 heavy (non-hydrogen) atoms. The standard InChI is InChI=1S/C12H15BBr2O3/c1-11(2)12(3,4)18-13(17-11)9-7(14)5-6-8(16)10(9)15/h5-6,16H,1-4H3. The van der Waals surface area contributed by atoms with Gasteiger partial charge in [-0.3, -0.25) is 0 Å². The van der Waals surface area contributed by atoms with E-state index in [0.29, 0.717) is 4.47 Å². The van der Waals surface area contributed by atoms with Crippen LogP contribution in [0.1, 0.15) is 27.7 Å². The molecule has 6 heteroatoms. The summed E-state index contributed by atoms with van der Waals surface area (Å²) in [5.41, 5.74) is -0.0297. The van der Waals surface area contributed by atoms with Gasteiger partial charge in [0.15, 0.2) is 0 Å². The molecule has 1 saturated heterocycles. The van der Waals surface area contributed by atoms with E-state index in [1.54, 1.807) is 12.1 Å². The van der Waals surface area contributed by atoms with Gasteiger partial charge in [0.1, 0.15) is 5.75 Å². The summed E-state index contributed by atoms with van der Waals surface area (Å²) in [4.78, 5) is 0. The molecule has 0 spiro atoms. The highest BCUT2D eigenvalue weighted by atomic mass is 79.9. The Morgan fingerprint density at radius 3 is 2.06 bits per heavy atom. The van der Waals surface area contributed by atoms with Gasteiger partial charge in [-0.25, -0.2) is 0 Å². The first-order valence-corrected chi connectivity index (χ1v) is 7.27. The zero-order chi connectivity index (χ0) is 13.7. The van der Waals surface area contributed by atoms with Crippen molar-refractivity contribution in [1.29, 1.82) is 0 Å². The predicted molar refractivity (Wildman–Crippen MR) is 79.2 cm³/mol. The van der Waals surface area contributed by atoms with Gasteiger partial charge in [-0.2, -0.15) is 0 Å². The van der Waals surface area contributed by atoms with E-state index in [0.717, 1.165) is 9.94 Å². The molecule has 1 aromatic carbocycles. The fourth-order valence-corrected chi connectivity index (χ4v) is 3.05. The maximum Gasteiger partial charge on any atom is 0.497 e. The van der Waals surface area contributed by atoms with Crippen molar-refractivity contribution in [1.82, 2.24) is 0 Å². The summed E-state index contributed by atoms with van der Waals surface area (Å²) in [6.45, 7) is 7.99. The smallest absolute Gasteiger partial charge is 0.497 e. The van der Waals surface area contributed by atoms with Crippen LogP contribution in [0.25, 0.3) is 0 Å². The minimum Gasteiger partial charge on any atom is -0.507 e. The van der Waals surface area contributed by atoms with Gasteiger partial charge >= 0.3 is 7.12 Å². The minimum absolute atomic E-state index is 0.169. The fraction of sp³-hybridized carbons (Fsp3) is 0.500. The number of phenolic OH excluding ortho intramolecular Hbond substituents is 1. The molecule has 1 aliphatic rings. The Kier molecular flexibility index (Phi) is 3.60. The van der Waals surface area contributed by atoms with Gasteiger partial charge in [-0.15, -0.1) is 0 Å². The third-order valence-corrected chi connectivity index (χ3v) is 5.12. The van der Waals surface area contributed by atoms with Crippen LogP contribution in [-0.2, 0) is 9.31 Å². The number of hydrogen-bond donors (Lipinski definition) is 1. The van der Waals surface area contributed by atoms with E-state index in [-0.39, 0.29) is 5.75 Å². The Labute approximate surface area is 124 Å². The first kappa shape index (κ1) is 14.4. The SMILES string of the molecule is CC1(C)OB(c2c(Br)ccc(O)c2Br)OC1(C)C. The average Bonchev–Trinajstić information content (AvgIpc) is 2.43. The summed E-state index contributed by atoms with van der Waals surface area (Å²) >= 11 is 6.84. The third kappa shape index (κ3) is 2.24. The number of aromatic hydroxyl groups is 1. The summed E-state index contributed by atoms with van der Waals surface area (Å²) < 4.78 is 13.4. The van der Waals surface area contributed by atoms with Gasteiger partial charge in [0.2, 0.25) is 0 Å². The van der Waals surface area contributed by atoms with Crippen LogP contribution in [0, 0.1) is 0 Å². The highest BCUT2D eigenvalue weighted by molar-refractivity contribution is 9.11. The van der Waals surface area contributed by atoms with Crippen LogP contribution in [-0.4, -0.2) is 23.4 Å². The summed E-state index contributed by atoms with van der Waals surface area (Å²) in [6, 6.07) is 3.39. The Morgan fingerprint density at radius 1 is 1.06 bits per heavy atom. The van der Waals surface area contributed by atoms with Crippen molar-refractivity contribution >= 4 is 44.4 Å². The summed E-state index contributed by atoms with van der Waals surface area (Å²) in [7, 11) is -0.508. The van der Waals surface area contributed by atoms with Crippen LogP contribution < -0.4 is 5.46 Å². The molecule has 1 N–H and O–H groups in total. The number of rotatable bonds is 1. The molecule has 0 amide bonds. The zero-order valence-electron chi connectivity index (χ0n) is 10.8. The molecule has 1 heterocycles. The molecular weight excluding hydrogens is 363 g/mol. The van der Waals surface area contributed by atoms with Crippen LogP contribution in [0.2, 0.25) is 0 Å². The van der Waals surface area contributed by atoms with Gasteiger partial charge in [0, 0.05) is 9.94 Å². The van der Waals surface area contributed by atoms with Gasteiger partial charge in [-0.1, -0.05) is 15.9 Å². The number of phenols is 1. The summed E-state index contributed by atoms with van der Waals surface area (Å²) in [5.74, 6) is 0.169. The molecule has 0 unspecified atom stereocenters. The highest BCUT2D eigenvalue weighted by Gasteiger charge is 2.52. The molecule has 0 saturated carbocycles. The summed E-state index contributed by atoms with van der Waals surface area (Å²) in [5, 5.41) is 9.77. The van der Waals surface area contributed by atoms with Crippen LogP contribution in [0.5, 0.6) is 5.75 Å². The van der Waals surface area contributed by atoms with E-state index in [9.17, 15) is 5.11 Å². The van der Waals surface area contributed by atoms with E-state index < -0.39 is 18.3 Å². The molecule has 0 radical (unpaired) electrons. The van der Waals surface area contributed by atoms with Gasteiger partial charge < -0.3 is 14.4 Å². The van der Waals surface area contributed by atoms with Crippen LogP contribution in [0.4, 0.5) is 0 Å². The zero-order valence-corrected chi connectivity index (χ0v) is 13.9. The molecule has 1 fully saturated rings. The highest BCUT2D eigenvalue weighted by Crippen LogP contribution is 2.38. The Hall–Kier alpha value is -0.0351. The molecule has 0 aliphatic carbocycles. The third-order valence-electron chi connectivity index (χ3n) is 3.60. The fourth-order valence-electron chi connectivity index (χ4n) is 1.73. The maximum atomic E-state index is 9.77. The lowest BCUT2D eigenvalue weighted by Crippen LogP contribution is -2.41. The topological polar surface area (TPSA) is 38.7 Å². The lowest BCUT2D eigenvalue weighted by atomic mass is 9.79. The molecule has 0 bridgehead atoms. The first-order chi connectivity index (χ1) is 8.16. The molecule has 0 aromatic heterocycles. The van der Waals surface area contributed by atoms with Gasteiger partial charge in [0.05, 0.1) is 15.7 Å². The van der Waals surface area contributed by atoms with Crippen molar-refractivity contribution in [3.63, 3.8) is 0 Å². The van der Waals surface area contributed by atoms with Crippen molar-refractivity contribution in [2.75, 3.05) is 0 Å². The van der Waals surface area contributed by atoms with Crippen LogP contribution >= 0.6 is 31.9 Å². The number of halogens is 2. The largest absolute Gasteiger partial charge is 0.507 e. The first-order valence-electron chi connectivity index (χ1n) is 5.68. The van der Waals surface area contributed by atoms with Gasteiger partial charge in [-0.05, 0) is 55.8 Å². The molecule has 98 valence electrons. The van der Waals surface area contributed by atoms with E-state index in [4.69, 9.17) is 9.31 Å². The van der Waals surface area contributed by atoms with Crippen LogP contribution in [0.15, 0.2) is 21.1 Å². The van der Waals surface area contributed by atoms with Crippen molar-refractivity contribution in [3.05, 3.63) is 21.1 Å². The monoisotopic (exact) mass is 376 g/mol. The number of hydrogen-bond acceptors (Lipinski definition) is 3. The van der Waals surface area contributed by atoms with Crippen molar-refractivity contribution in [2.45, 2.75) is 38.9 Å². The Balaban J connectivity index is 2.44. The average molecular weight is 378 g/mol. The second-order valence-corrected chi connectivity index (χ2v) is 7.03. The van der Waals surface area contributed by atoms with E-state index in [1.807, 2.05) is 27.7 Å². The second kappa shape index (κ2) is 4.51. The van der Waals surface area contributed by atoms with Crippen molar-refractivity contribution in [3.8, 4) is 5.75 Å². The van der Waals surface area contributed by atoms with Crippen LogP contribution in [0.3, 0.4) is 0 Å². The van der Waals surface area contributed by atoms with Gasteiger partial charge in [0.25, 0.3) is 0 Å². The summed E-state index contributed by atoms with van der Waals surface area (Å²) in [6.07, 6.45) is 0. The lowest BCUT2D eigenvalue weighted by Gasteiger charge is -2.32. The van der Waals surface area contributed by atoms with Crippen molar-refractivity contribution < 1.29 is 14.4 Å². The quantitative estimate of drug-likeness (QED) is 0.764.